The van der Waals surface area contributed by atoms with E-state index in [1.165, 1.54) is 4.57 Å². The number of aromatic nitrogens is 4. The fourth-order valence-corrected chi connectivity index (χ4v) is 6.17. The first kappa shape index (κ1) is 28.3. The molecule has 7 rings (SSSR count). The highest BCUT2D eigenvalue weighted by molar-refractivity contribution is 5.97. The number of alkyl halides is 2. The van der Waals surface area contributed by atoms with E-state index in [1.807, 2.05) is 4.90 Å². The van der Waals surface area contributed by atoms with Gasteiger partial charge in [-0.05, 0) is 49.9 Å². The fourth-order valence-electron chi connectivity index (χ4n) is 6.17. The average Bonchev–Trinajstić information content (AvgIpc) is 3.45. The minimum atomic E-state index is -2.82. The number of nitrogens with zero attached hydrogens (tertiary/aromatic N) is 6. The molecular formula is C31H32F2N6O5. The molecule has 1 amide bonds. The number of carbonyl (C=O) groups is 1. The van der Waals surface area contributed by atoms with Crippen LogP contribution in [0.25, 0.3) is 16.9 Å². The molecule has 230 valence electrons. The van der Waals surface area contributed by atoms with E-state index in [2.05, 4.69) is 15.0 Å². The summed E-state index contributed by atoms with van der Waals surface area (Å²) in [4.78, 5) is 30.7. The van der Waals surface area contributed by atoms with Crippen LogP contribution in [0.4, 0.5) is 20.4 Å². The van der Waals surface area contributed by atoms with Crippen LogP contribution >= 0.6 is 0 Å². The van der Waals surface area contributed by atoms with Gasteiger partial charge in [-0.3, -0.25) is 9.36 Å². The predicted octanol–water partition coefficient (Wildman–Crippen LogP) is 4.66. The summed E-state index contributed by atoms with van der Waals surface area (Å²) in [6.07, 6.45) is -0.555. The number of para-hydroxylation sites is 2. The summed E-state index contributed by atoms with van der Waals surface area (Å²) in [6, 6.07) is 13.3. The number of morpholine rings is 1. The van der Waals surface area contributed by atoms with Crippen molar-refractivity contribution in [3.63, 3.8) is 0 Å². The summed E-state index contributed by atoms with van der Waals surface area (Å²) in [6.45, 7) is 2.94. The number of aromatic hydroxyl groups is 1. The van der Waals surface area contributed by atoms with E-state index < -0.39 is 12.2 Å². The number of imidazole rings is 1. The summed E-state index contributed by atoms with van der Waals surface area (Å²) < 4.78 is 47.3. The van der Waals surface area contributed by atoms with Gasteiger partial charge in [-0.25, -0.2) is 13.8 Å². The summed E-state index contributed by atoms with van der Waals surface area (Å²) >= 11 is 0. The number of amides is 1. The van der Waals surface area contributed by atoms with Crippen LogP contribution in [0.1, 0.15) is 37.9 Å². The van der Waals surface area contributed by atoms with Gasteiger partial charge in [0, 0.05) is 31.1 Å². The van der Waals surface area contributed by atoms with Gasteiger partial charge in [0.25, 0.3) is 6.43 Å². The molecule has 2 aromatic carbocycles. The average molecular weight is 607 g/mol. The van der Waals surface area contributed by atoms with Crippen LogP contribution < -0.4 is 19.3 Å². The highest BCUT2D eigenvalue weighted by Gasteiger charge is 2.34. The lowest BCUT2D eigenvalue weighted by Gasteiger charge is -2.35. The number of halogens is 2. The maximum absolute atomic E-state index is 14.2. The second-order valence-electron chi connectivity index (χ2n) is 11.1. The van der Waals surface area contributed by atoms with E-state index in [0.717, 1.165) is 0 Å². The molecule has 2 fully saturated rings. The van der Waals surface area contributed by atoms with Crippen molar-refractivity contribution < 1.29 is 32.9 Å². The second-order valence-corrected chi connectivity index (χ2v) is 11.1. The molecular weight excluding hydrogens is 574 g/mol. The third-order valence-electron chi connectivity index (χ3n) is 8.36. The maximum atomic E-state index is 14.2. The second kappa shape index (κ2) is 11.9. The van der Waals surface area contributed by atoms with Gasteiger partial charge < -0.3 is 29.1 Å². The Morgan fingerprint density at radius 3 is 2.55 bits per heavy atom. The lowest BCUT2D eigenvalue weighted by molar-refractivity contribution is -0.124. The molecule has 0 radical (unpaired) electrons. The first-order valence-corrected chi connectivity index (χ1v) is 14.9. The first-order chi connectivity index (χ1) is 21.4. The predicted molar refractivity (Wildman–Crippen MR) is 157 cm³/mol. The lowest BCUT2D eigenvalue weighted by Crippen LogP contribution is -2.43. The molecule has 2 aliphatic heterocycles. The molecule has 1 saturated carbocycles. The van der Waals surface area contributed by atoms with Crippen molar-refractivity contribution in [3.8, 4) is 23.2 Å². The smallest absolute Gasteiger partial charge is 0.296 e. The van der Waals surface area contributed by atoms with Crippen molar-refractivity contribution >= 4 is 28.6 Å². The summed E-state index contributed by atoms with van der Waals surface area (Å²) in [7, 11) is 0. The molecule has 11 nitrogen and oxygen atoms in total. The van der Waals surface area contributed by atoms with Gasteiger partial charge in [-0.1, -0.05) is 12.1 Å². The van der Waals surface area contributed by atoms with Crippen molar-refractivity contribution in [1.82, 2.24) is 19.5 Å². The number of benzene rings is 2. The quantitative estimate of drug-likeness (QED) is 0.335. The van der Waals surface area contributed by atoms with E-state index in [0.29, 0.717) is 93.6 Å². The lowest BCUT2D eigenvalue weighted by atomic mass is 9.86. The molecule has 0 atom stereocenters. The van der Waals surface area contributed by atoms with E-state index in [4.69, 9.17) is 14.2 Å². The molecule has 0 bridgehead atoms. The standard InChI is InChI=1S/C31H32F2N6O5/c32-28(33)29-34-22-3-1-2-4-23(22)39(29)26-18-27(36-31(35-26)37-11-14-42-15-12-37)44-21-8-5-19(6-9-21)30(41)38-13-16-43-25-10-7-20(40)17-24(25)38/h1-4,7,10,17-19,21,28,40H,5-6,8-9,11-16H2/t19-,21-. The Morgan fingerprint density at radius 2 is 1.75 bits per heavy atom. The Hall–Kier alpha value is -4.52. The zero-order valence-corrected chi connectivity index (χ0v) is 23.9. The largest absolute Gasteiger partial charge is 0.508 e. The van der Waals surface area contributed by atoms with Crippen LogP contribution in [-0.4, -0.2) is 76.1 Å². The zero-order valence-electron chi connectivity index (χ0n) is 23.9. The molecule has 2 aromatic heterocycles. The molecule has 1 N–H and O–H groups in total. The Morgan fingerprint density at radius 1 is 0.955 bits per heavy atom. The number of carbonyl (C=O) groups excluding carboxylic acids is 1. The van der Waals surface area contributed by atoms with Crippen molar-refractivity contribution in [2.45, 2.75) is 38.2 Å². The minimum absolute atomic E-state index is 0.00374. The minimum Gasteiger partial charge on any atom is -0.508 e. The number of phenols is 1. The molecule has 1 saturated heterocycles. The van der Waals surface area contributed by atoms with Crippen LogP contribution in [0.15, 0.2) is 48.5 Å². The fraction of sp³-hybridized carbons (Fsp3) is 0.419. The van der Waals surface area contributed by atoms with Crippen LogP contribution in [0, 0.1) is 5.92 Å². The van der Waals surface area contributed by atoms with Crippen molar-refractivity contribution in [2.75, 3.05) is 49.3 Å². The van der Waals surface area contributed by atoms with Gasteiger partial charge in [0.15, 0.2) is 5.82 Å². The van der Waals surface area contributed by atoms with Gasteiger partial charge in [0.1, 0.15) is 30.0 Å². The number of hydrogen-bond donors (Lipinski definition) is 1. The van der Waals surface area contributed by atoms with Gasteiger partial charge in [0.2, 0.25) is 17.7 Å². The number of phenolic OH excluding ortho intramolecular Hbond substituents is 1. The van der Waals surface area contributed by atoms with E-state index in [-0.39, 0.29) is 35.4 Å². The molecule has 4 heterocycles. The van der Waals surface area contributed by atoms with Crippen molar-refractivity contribution in [2.24, 2.45) is 5.92 Å². The molecule has 0 unspecified atom stereocenters. The Kier molecular flexibility index (Phi) is 7.62. The molecule has 4 aromatic rings. The van der Waals surface area contributed by atoms with Crippen LogP contribution in [0.3, 0.4) is 0 Å². The van der Waals surface area contributed by atoms with Gasteiger partial charge >= 0.3 is 0 Å². The number of hydrogen-bond acceptors (Lipinski definition) is 9. The normalized spacial score (nSPS) is 20.4. The molecule has 13 heteroatoms. The Bertz CT molecular complexity index is 1670. The maximum Gasteiger partial charge on any atom is 0.296 e. The Labute approximate surface area is 252 Å². The highest BCUT2D eigenvalue weighted by Crippen LogP contribution is 2.38. The third-order valence-corrected chi connectivity index (χ3v) is 8.36. The number of anilines is 2. The van der Waals surface area contributed by atoms with E-state index in [1.54, 1.807) is 53.4 Å². The highest BCUT2D eigenvalue weighted by atomic mass is 19.3. The monoisotopic (exact) mass is 606 g/mol. The van der Waals surface area contributed by atoms with Crippen molar-refractivity contribution in [1.29, 1.82) is 0 Å². The SMILES string of the molecule is O=C([C@H]1CC[C@H](Oc2cc(-n3c(C(F)F)nc4ccccc43)nc(N3CCOCC3)n2)CC1)N1CCOc2ccc(O)cc21. The van der Waals surface area contributed by atoms with Gasteiger partial charge in [-0.15, -0.1) is 0 Å². The summed E-state index contributed by atoms with van der Waals surface area (Å²) in [5.74, 6) is 0.964. The zero-order chi connectivity index (χ0) is 30.2. The third kappa shape index (κ3) is 5.47. The number of rotatable bonds is 6. The molecule has 44 heavy (non-hydrogen) atoms. The number of ether oxygens (including phenoxy) is 3. The van der Waals surface area contributed by atoms with Gasteiger partial charge in [0.05, 0.1) is 36.5 Å². The van der Waals surface area contributed by atoms with Gasteiger partial charge in [-0.2, -0.15) is 9.97 Å². The number of fused-ring (bicyclic) bond motifs is 2. The van der Waals surface area contributed by atoms with E-state index in [9.17, 15) is 18.7 Å². The molecule has 1 aliphatic carbocycles. The van der Waals surface area contributed by atoms with Crippen LogP contribution in [-0.2, 0) is 9.53 Å². The van der Waals surface area contributed by atoms with Crippen LogP contribution in [0.2, 0.25) is 0 Å². The first-order valence-electron chi connectivity index (χ1n) is 14.9. The van der Waals surface area contributed by atoms with Crippen molar-refractivity contribution in [3.05, 3.63) is 54.4 Å². The van der Waals surface area contributed by atoms with Crippen LogP contribution in [0.5, 0.6) is 17.4 Å². The Balaban J connectivity index is 1.13. The molecule has 0 spiro atoms. The summed E-state index contributed by atoms with van der Waals surface area (Å²) in [5, 5.41) is 9.98. The topological polar surface area (TPSA) is 115 Å². The van der Waals surface area contributed by atoms with E-state index >= 15 is 0 Å². The molecule has 3 aliphatic rings. The summed E-state index contributed by atoms with van der Waals surface area (Å²) in [5.41, 5.74) is 1.54.